The van der Waals surface area contributed by atoms with Gasteiger partial charge in [-0.1, -0.05) is 263 Å². The minimum absolute atomic E-state index is 0.0309. The minimum Gasteiger partial charge on any atom is -0.462 e. The van der Waals surface area contributed by atoms with Crippen LogP contribution in [0.1, 0.15) is 290 Å². The van der Waals surface area contributed by atoms with Crippen LogP contribution < -0.4 is 0 Å². The molecule has 10 heteroatoms. The van der Waals surface area contributed by atoms with E-state index in [-0.39, 0.29) is 25.6 Å². The van der Waals surface area contributed by atoms with Gasteiger partial charge in [-0.05, 0) is 38.5 Å². The number of rotatable bonds is 55. The number of hydrogen-bond donors (Lipinski definition) is 1. The van der Waals surface area contributed by atoms with Crippen molar-refractivity contribution in [2.24, 2.45) is 0 Å². The summed E-state index contributed by atoms with van der Waals surface area (Å²) in [5, 5.41) is 0. The smallest absolute Gasteiger partial charge is 0.462 e. The predicted molar refractivity (Wildman–Crippen MR) is 294 cm³/mol. The molecule has 1 N–H and O–H groups in total. The Kier molecular flexibility index (Phi) is 50.3. The van der Waals surface area contributed by atoms with Crippen molar-refractivity contribution < 1.29 is 42.1 Å². The number of hydrogen-bond acceptors (Lipinski definition) is 7. The zero-order valence-corrected chi connectivity index (χ0v) is 47.2. The van der Waals surface area contributed by atoms with E-state index in [1.165, 1.54) is 193 Å². The number of unbranched alkanes of at least 4 members (excludes halogenated alkanes) is 37. The molecule has 0 aliphatic heterocycles. The molecule has 0 spiro atoms. The molecule has 0 bridgehead atoms. The highest BCUT2D eigenvalue weighted by molar-refractivity contribution is 7.47. The summed E-state index contributed by atoms with van der Waals surface area (Å²) in [4.78, 5) is 35.6. The van der Waals surface area contributed by atoms with E-state index in [0.717, 1.165) is 64.2 Å². The lowest BCUT2D eigenvalue weighted by Gasteiger charge is -2.24. The fraction of sp³-hybridized carbons (Fsp3) is 0.898. The molecule has 0 aliphatic rings. The Balaban J connectivity index is 3.98. The average molecular weight is 998 g/mol. The Labute approximate surface area is 428 Å². The van der Waals surface area contributed by atoms with Gasteiger partial charge in [0.25, 0.3) is 0 Å². The normalized spacial score (nSPS) is 13.4. The Morgan fingerprint density at radius 2 is 0.797 bits per heavy atom. The number of quaternary nitrogens is 1. The van der Waals surface area contributed by atoms with E-state index < -0.39 is 26.5 Å². The van der Waals surface area contributed by atoms with Crippen molar-refractivity contribution in [3.63, 3.8) is 0 Å². The van der Waals surface area contributed by atoms with E-state index in [9.17, 15) is 19.0 Å². The maximum absolute atomic E-state index is 12.7. The highest BCUT2D eigenvalue weighted by Crippen LogP contribution is 2.43. The van der Waals surface area contributed by atoms with Gasteiger partial charge < -0.3 is 18.9 Å². The van der Waals surface area contributed by atoms with Crippen LogP contribution in [0.2, 0.25) is 0 Å². The first-order chi connectivity index (χ1) is 33.5. The van der Waals surface area contributed by atoms with Gasteiger partial charge in [-0.15, -0.1) is 0 Å². The van der Waals surface area contributed by atoms with Crippen LogP contribution in [0.15, 0.2) is 24.3 Å². The van der Waals surface area contributed by atoms with E-state index in [2.05, 4.69) is 38.2 Å². The SMILES string of the molecule is CCCC/C=C\C/C=C\CCCCCCCC(=O)OC(COC(=O)CCCCCCCCCCCCCCCCCCCCCCCCCCCCCCCCC)COP(=O)(O)OCC[N+](C)(C)C. The lowest BCUT2D eigenvalue weighted by Crippen LogP contribution is -2.37. The Morgan fingerprint density at radius 3 is 1.19 bits per heavy atom. The fourth-order valence-electron chi connectivity index (χ4n) is 8.62. The fourth-order valence-corrected chi connectivity index (χ4v) is 9.36. The predicted octanol–water partition coefficient (Wildman–Crippen LogP) is 18.2. The van der Waals surface area contributed by atoms with Gasteiger partial charge in [0.05, 0.1) is 27.7 Å². The van der Waals surface area contributed by atoms with E-state index in [1.807, 2.05) is 21.1 Å². The molecule has 0 fully saturated rings. The van der Waals surface area contributed by atoms with Crippen LogP contribution in [0.5, 0.6) is 0 Å². The zero-order chi connectivity index (χ0) is 50.6. The van der Waals surface area contributed by atoms with Crippen molar-refractivity contribution in [2.45, 2.75) is 296 Å². The van der Waals surface area contributed by atoms with Gasteiger partial charge in [0.15, 0.2) is 6.10 Å². The molecule has 0 aromatic carbocycles. The molecule has 0 aromatic heterocycles. The number of esters is 2. The maximum Gasteiger partial charge on any atom is 0.472 e. The number of phosphoric ester groups is 1. The van der Waals surface area contributed by atoms with Gasteiger partial charge in [-0.3, -0.25) is 18.6 Å². The second-order valence-electron chi connectivity index (χ2n) is 21.4. The third kappa shape index (κ3) is 55.7. The first kappa shape index (κ1) is 67.5. The third-order valence-electron chi connectivity index (χ3n) is 13.2. The molecule has 0 amide bonds. The molecule has 69 heavy (non-hydrogen) atoms. The first-order valence-corrected chi connectivity index (χ1v) is 31.1. The van der Waals surface area contributed by atoms with E-state index >= 15 is 0 Å². The second-order valence-corrected chi connectivity index (χ2v) is 22.8. The molecular weight excluding hydrogens is 882 g/mol. The lowest BCUT2D eigenvalue weighted by atomic mass is 10.0. The van der Waals surface area contributed by atoms with Crippen LogP contribution in [-0.2, 0) is 32.7 Å². The maximum atomic E-state index is 12.7. The number of likely N-dealkylation sites (N-methyl/N-ethyl adjacent to an activating group) is 1. The van der Waals surface area contributed by atoms with Crippen LogP contribution >= 0.6 is 7.82 Å². The topological polar surface area (TPSA) is 108 Å². The number of ether oxygens (including phenoxy) is 2. The van der Waals surface area contributed by atoms with Crippen LogP contribution in [-0.4, -0.2) is 74.9 Å². The van der Waals surface area contributed by atoms with Gasteiger partial charge in [-0.25, -0.2) is 4.57 Å². The Morgan fingerprint density at radius 1 is 0.449 bits per heavy atom. The number of nitrogens with zero attached hydrogens (tertiary/aromatic N) is 1. The monoisotopic (exact) mass is 997 g/mol. The van der Waals surface area contributed by atoms with Crippen molar-refractivity contribution in [1.82, 2.24) is 0 Å². The van der Waals surface area contributed by atoms with Crippen LogP contribution in [0, 0.1) is 0 Å². The van der Waals surface area contributed by atoms with Crippen molar-refractivity contribution in [3.8, 4) is 0 Å². The summed E-state index contributed by atoms with van der Waals surface area (Å²) in [5.74, 6) is -0.800. The summed E-state index contributed by atoms with van der Waals surface area (Å²) in [6.07, 6.45) is 61.3. The zero-order valence-electron chi connectivity index (χ0n) is 46.3. The molecular formula is C59H115NO8P+. The molecule has 2 unspecified atom stereocenters. The number of carbonyl (C=O) groups excluding carboxylic acids is 2. The number of carbonyl (C=O) groups is 2. The largest absolute Gasteiger partial charge is 0.472 e. The van der Waals surface area contributed by atoms with E-state index in [1.54, 1.807) is 0 Å². The average Bonchev–Trinajstić information content (AvgIpc) is 3.31. The number of phosphoric acid groups is 1. The Bertz CT molecular complexity index is 1220. The van der Waals surface area contributed by atoms with Crippen LogP contribution in [0.25, 0.3) is 0 Å². The van der Waals surface area contributed by atoms with Crippen molar-refractivity contribution in [2.75, 3.05) is 47.5 Å². The summed E-state index contributed by atoms with van der Waals surface area (Å²) < 4.78 is 34.5. The third-order valence-corrected chi connectivity index (χ3v) is 14.2. The van der Waals surface area contributed by atoms with Gasteiger partial charge in [0.1, 0.15) is 19.8 Å². The lowest BCUT2D eigenvalue weighted by molar-refractivity contribution is -0.870. The molecule has 0 radical (unpaired) electrons. The second kappa shape index (κ2) is 51.4. The molecule has 9 nitrogen and oxygen atoms in total. The van der Waals surface area contributed by atoms with Crippen LogP contribution in [0.3, 0.4) is 0 Å². The summed E-state index contributed by atoms with van der Waals surface area (Å²) in [6.45, 7) is 4.42. The summed E-state index contributed by atoms with van der Waals surface area (Å²) >= 11 is 0. The highest BCUT2D eigenvalue weighted by Gasteiger charge is 2.27. The first-order valence-electron chi connectivity index (χ1n) is 29.6. The molecule has 0 rings (SSSR count). The van der Waals surface area contributed by atoms with Crippen molar-refractivity contribution in [1.29, 1.82) is 0 Å². The van der Waals surface area contributed by atoms with Gasteiger partial charge in [-0.2, -0.15) is 0 Å². The molecule has 0 aliphatic carbocycles. The summed E-state index contributed by atoms with van der Waals surface area (Å²) in [6, 6.07) is 0. The molecule has 2 atom stereocenters. The molecule has 408 valence electrons. The van der Waals surface area contributed by atoms with Gasteiger partial charge in [0, 0.05) is 12.8 Å². The van der Waals surface area contributed by atoms with Crippen molar-refractivity contribution >= 4 is 19.8 Å². The number of allylic oxidation sites excluding steroid dienone is 4. The van der Waals surface area contributed by atoms with E-state index in [0.29, 0.717) is 23.9 Å². The summed E-state index contributed by atoms with van der Waals surface area (Å²) in [7, 11) is 1.48. The minimum atomic E-state index is -4.38. The Hall–Kier alpha value is -1.51. The van der Waals surface area contributed by atoms with Gasteiger partial charge >= 0.3 is 19.8 Å². The standard InChI is InChI=1S/C59H114NO8P/c1-6-8-10-12-14-16-18-20-22-23-24-25-26-27-28-29-30-31-32-33-34-35-36-37-38-40-41-43-45-47-49-51-58(61)65-55-57(56-67-69(63,64)66-54-53-60(3,4)5)68-59(62)52-50-48-46-44-42-39-21-19-17-15-13-11-9-7-2/h13,15,19,21,57H,6-12,14,16-18,20,22-56H2,1-5H3/p+1/b15-13-,21-19-. The van der Waals surface area contributed by atoms with Crippen molar-refractivity contribution in [3.05, 3.63) is 24.3 Å². The molecule has 0 saturated carbocycles. The van der Waals surface area contributed by atoms with E-state index in [4.69, 9.17) is 18.5 Å². The quantitative estimate of drug-likeness (QED) is 0.0211. The summed E-state index contributed by atoms with van der Waals surface area (Å²) in [5.41, 5.74) is 0. The molecule has 0 heterocycles. The molecule has 0 aromatic rings. The van der Waals surface area contributed by atoms with Gasteiger partial charge in [0.2, 0.25) is 0 Å². The van der Waals surface area contributed by atoms with Crippen LogP contribution in [0.4, 0.5) is 0 Å². The highest BCUT2D eigenvalue weighted by atomic mass is 31.2. The molecule has 0 saturated heterocycles.